The van der Waals surface area contributed by atoms with Crippen LogP contribution in [0.2, 0.25) is 0 Å². The second kappa shape index (κ2) is 11.8. The first-order valence-electron chi connectivity index (χ1n) is 8.99. The van der Waals surface area contributed by atoms with Crippen molar-refractivity contribution in [3.63, 3.8) is 0 Å². The van der Waals surface area contributed by atoms with Crippen LogP contribution in [0.3, 0.4) is 0 Å². The van der Waals surface area contributed by atoms with Gasteiger partial charge in [0.1, 0.15) is 0 Å². The molecule has 0 aliphatic heterocycles. The van der Waals surface area contributed by atoms with Gasteiger partial charge >= 0.3 is 0 Å². The van der Waals surface area contributed by atoms with E-state index in [9.17, 15) is 0 Å². The lowest BCUT2D eigenvalue weighted by atomic mass is 9.76. The van der Waals surface area contributed by atoms with Gasteiger partial charge in [0.25, 0.3) is 0 Å². The first kappa shape index (κ1) is 21.3. The average molecular weight is 271 g/mol. The van der Waals surface area contributed by atoms with E-state index in [2.05, 4.69) is 55.4 Å². The van der Waals surface area contributed by atoms with Crippen LogP contribution >= 0.6 is 0 Å². The van der Waals surface area contributed by atoms with E-state index in [0.29, 0.717) is 10.8 Å². The monoisotopic (exact) mass is 270 g/mol. The minimum Gasteiger partial charge on any atom is -0.0654 e. The summed E-state index contributed by atoms with van der Waals surface area (Å²) in [6, 6.07) is 0. The zero-order valence-corrected chi connectivity index (χ0v) is 15.4. The average Bonchev–Trinajstić information content (AvgIpc) is 2.49. The maximum atomic E-state index is 2.32. The van der Waals surface area contributed by atoms with Crippen molar-refractivity contribution in [1.29, 1.82) is 0 Å². The maximum Gasteiger partial charge on any atom is -0.0305 e. The molecular weight excluding hydrogens is 228 g/mol. The van der Waals surface area contributed by atoms with Gasteiger partial charge in [-0.2, -0.15) is 0 Å². The van der Waals surface area contributed by atoms with Crippen LogP contribution in [-0.2, 0) is 0 Å². The molecule has 0 saturated carbocycles. The Hall–Kier alpha value is 0. The standard InChI is InChI=1S/C10H22.C9H20/c1-5-9-10(6-2,7-3)8-4;1-5-9(6-2,7-3)8-4/h5-9H2,1-4H3;5-8H2,1-4H3. The predicted molar refractivity (Wildman–Crippen MR) is 91.8 cm³/mol. The molecule has 0 nitrogen and oxygen atoms in total. The van der Waals surface area contributed by atoms with E-state index in [1.807, 2.05) is 0 Å². The Morgan fingerprint density at radius 1 is 0.421 bits per heavy atom. The summed E-state index contributed by atoms with van der Waals surface area (Å²) in [6.07, 6.45) is 12.2. The molecule has 0 rings (SSSR count). The molecule has 0 heterocycles. The minimum absolute atomic E-state index is 0.667. The molecule has 0 aromatic heterocycles. The summed E-state index contributed by atoms with van der Waals surface area (Å²) in [5.74, 6) is 0. The zero-order valence-electron chi connectivity index (χ0n) is 15.4. The first-order chi connectivity index (χ1) is 8.99. The molecule has 0 atom stereocenters. The fourth-order valence-electron chi connectivity index (χ4n) is 3.31. The van der Waals surface area contributed by atoms with Gasteiger partial charge in [-0.3, -0.25) is 0 Å². The van der Waals surface area contributed by atoms with Gasteiger partial charge < -0.3 is 0 Å². The van der Waals surface area contributed by atoms with Gasteiger partial charge in [0.05, 0.1) is 0 Å². The van der Waals surface area contributed by atoms with Gasteiger partial charge in [-0.15, -0.1) is 0 Å². The summed E-state index contributed by atoms with van der Waals surface area (Å²) in [5.41, 5.74) is 1.34. The van der Waals surface area contributed by atoms with Crippen LogP contribution in [0.1, 0.15) is 113 Å². The number of rotatable bonds is 9. The number of hydrogen-bond donors (Lipinski definition) is 0. The van der Waals surface area contributed by atoms with E-state index in [-0.39, 0.29) is 0 Å². The van der Waals surface area contributed by atoms with E-state index in [1.54, 1.807) is 0 Å². The Balaban J connectivity index is 0. The van der Waals surface area contributed by atoms with Crippen LogP contribution in [0.25, 0.3) is 0 Å². The van der Waals surface area contributed by atoms with E-state index < -0.39 is 0 Å². The second-order valence-corrected chi connectivity index (χ2v) is 6.22. The van der Waals surface area contributed by atoms with Crippen molar-refractivity contribution in [2.75, 3.05) is 0 Å². The van der Waals surface area contributed by atoms with E-state index in [4.69, 9.17) is 0 Å². The minimum atomic E-state index is 0.667. The van der Waals surface area contributed by atoms with Crippen LogP contribution in [0.15, 0.2) is 0 Å². The van der Waals surface area contributed by atoms with E-state index in [1.165, 1.54) is 57.8 Å². The Morgan fingerprint density at radius 2 is 0.684 bits per heavy atom. The van der Waals surface area contributed by atoms with Gasteiger partial charge in [-0.05, 0) is 17.3 Å². The molecule has 0 fully saturated rings. The predicted octanol–water partition coefficient (Wildman–Crippen LogP) is 7.62. The summed E-state index contributed by atoms with van der Waals surface area (Å²) >= 11 is 0. The maximum absolute atomic E-state index is 2.32. The molecule has 0 bridgehead atoms. The Kier molecular flexibility index (Phi) is 13.2. The highest BCUT2D eigenvalue weighted by molar-refractivity contribution is 4.73. The Morgan fingerprint density at radius 3 is 0.737 bits per heavy atom. The highest BCUT2D eigenvalue weighted by atomic mass is 14.3. The number of hydrogen-bond acceptors (Lipinski definition) is 0. The molecule has 19 heavy (non-hydrogen) atoms. The fourth-order valence-corrected chi connectivity index (χ4v) is 3.31. The normalized spacial score (nSPS) is 12.0. The van der Waals surface area contributed by atoms with Crippen molar-refractivity contribution >= 4 is 0 Å². The van der Waals surface area contributed by atoms with E-state index >= 15 is 0 Å². The topological polar surface area (TPSA) is 0 Å². The molecule has 0 aromatic carbocycles. The van der Waals surface area contributed by atoms with Crippen LogP contribution < -0.4 is 0 Å². The first-order valence-corrected chi connectivity index (χ1v) is 8.99. The van der Waals surface area contributed by atoms with Gasteiger partial charge in [-0.1, -0.05) is 107 Å². The summed E-state index contributed by atoms with van der Waals surface area (Å²) < 4.78 is 0. The van der Waals surface area contributed by atoms with Crippen LogP contribution in [0, 0.1) is 10.8 Å². The van der Waals surface area contributed by atoms with Gasteiger partial charge in [0.2, 0.25) is 0 Å². The van der Waals surface area contributed by atoms with Gasteiger partial charge in [0.15, 0.2) is 0 Å². The van der Waals surface area contributed by atoms with Gasteiger partial charge in [0, 0.05) is 0 Å². The highest BCUT2D eigenvalue weighted by Gasteiger charge is 2.21. The van der Waals surface area contributed by atoms with Gasteiger partial charge in [-0.25, -0.2) is 0 Å². The molecule has 0 spiro atoms. The summed E-state index contributed by atoms with van der Waals surface area (Å²) in [4.78, 5) is 0. The lowest BCUT2D eigenvalue weighted by molar-refractivity contribution is 0.226. The molecule has 0 radical (unpaired) electrons. The molecule has 118 valence electrons. The van der Waals surface area contributed by atoms with Crippen LogP contribution in [-0.4, -0.2) is 0 Å². The molecule has 0 heteroatoms. The summed E-state index contributed by atoms with van der Waals surface area (Å²) in [7, 11) is 0. The van der Waals surface area contributed by atoms with Crippen molar-refractivity contribution in [2.24, 2.45) is 10.8 Å². The molecule has 0 saturated heterocycles. The van der Waals surface area contributed by atoms with Crippen molar-refractivity contribution in [3.8, 4) is 0 Å². The van der Waals surface area contributed by atoms with Crippen molar-refractivity contribution in [3.05, 3.63) is 0 Å². The largest absolute Gasteiger partial charge is 0.0654 e. The molecule has 0 amide bonds. The SMILES string of the molecule is CCC(CC)(CC)CC.CCCC(CC)(CC)CC. The molecule has 0 aliphatic rings. The molecule has 0 N–H and O–H groups in total. The Bertz CT molecular complexity index is 147. The van der Waals surface area contributed by atoms with Crippen LogP contribution in [0.4, 0.5) is 0 Å². The summed E-state index contributed by atoms with van der Waals surface area (Å²) in [6.45, 7) is 18.5. The zero-order chi connectivity index (χ0) is 15.4. The summed E-state index contributed by atoms with van der Waals surface area (Å²) in [5, 5.41) is 0. The lowest BCUT2D eigenvalue weighted by Crippen LogP contribution is -2.16. The Labute approximate surface area is 124 Å². The third-order valence-corrected chi connectivity index (χ3v) is 6.03. The lowest BCUT2D eigenvalue weighted by Gasteiger charge is -2.29. The molecular formula is C19H42. The second-order valence-electron chi connectivity index (χ2n) is 6.22. The smallest absolute Gasteiger partial charge is 0.0305 e. The molecule has 0 aromatic rings. The fraction of sp³-hybridized carbons (Fsp3) is 1.00. The van der Waals surface area contributed by atoms with Crippen molar-refractivity contribution < 1.29 is 0 Å². The van der Waals surface area contributed by atoms with Crippen molar-refractivity contribution in [2.45, 2.75) is 113 Å². The molecule has 0 unspecified atom stereocenters. The van der Waals surface area contributed by atoms with E-state index in [0.717, 1.165) is 0 Å². The quantitative estimate of drug-likeness (QED) is 0.404. The third kappa shape index (κ3) is 7.37. The molecule has 0 aliphatic carbocycles. The van der Waals surface area contributed by atoms with Crippen LogP contribution in [0.5, 0.6) is 0 Å². The van der Waals surface area contributed by atoms with Crippen molar-refractivity contribution in [1.82, 2.24) is 0 Å². The highest BCUT2D eigenvalue weighted by Crippen LogP contribution is 2.35. The third-order valence-electron chi connectivity index (χ3n) is 6.03.